The normalized spacial score (nSPS) is 23.7. The van der Waals surface area contributed by atoms with Crippen LogP contribution in [0.25, 0.3) is 22.3 Å². The van der Waals surface area contributed by atoms with Gasteiger partial charge in [0.2, 0.25) is 11.9 Å². The number of rotatable bonds is 14. The van der Waals surface area contributed by atoms with E-state index in [1.54, 1.807) is 18.4 Å². The zero-order valence-electron chi connectivity index (χ0n) is 28.6. The van der Waals surface area contributed by atoms with Gasteiger partial charge in [-0.2, -0.15) is 18.1 Å². The Hall–Kier alpha value is -4.71. The molecule has 0 saturated carbocycles. The summed E-state index contributed by atoms with van der Waals surface area (Å²) in [5, 5.41) is 15.6. The number of aliphatic hydroxyl groups is 1. The first-order valence-electron chi connectivity index (χ1n) is 16.7. The Labute approximate surface area is 306 Å². The highest BCUT2D eigenvalue weighted by Crippen LogP contribution is 2.38. The maximum absolute atomic E-state index is 13.4. The van der Waals surface area contributed by atoms with E-state index in [1.165, 1.54) is 23.5 Å². The first-order valence-corrected chi connectivity index (χ1v) is 19.3. The molecule has 22 nitrogen and oxygen atoms in total. The third kappa shape index (κ3) is 8.04. The quantitative estimate of drug-likeness (QED) is 0.0850. The number of fused-ring (bicyclic) bond motifs is 2. The molecule has 5 aromatic rings. The maximum atomic E-state index is 13.4. The lowest BCUT2D eigenvalue weighted by molar-refractivity contribution is -0.118. The summed E-state index contributed by atoms with van der Waals surface area (Å²) in [6.45, 7) is 2.40. The number of aromatic amines is 1. The summed E-state index contributed by atoms with van der Waals surface area (Å²) >= 11 is 0. The van der Waals surface area contributed by atoms with E-state index in [9.17, 15) is 32.6 Å². The van der Waals surface area contributed by atoms with Crippen LogP contribution >= 0.6 is 8.25 Å². The minimum Gasteiger partial charge on any atom is -0.394 e. The summed E-state index contributed by atoms with van der Waals surface area (Å²) in [4.78, 5) is 58.5. The summed E-state index contributed by atoms with van der Waals surface area (Å²) in [6, 6.07) is 9.31. The Kier molecular flexibility index (Phi) is 10.8. The number of ether oxygens (including phenoxy) is 2. The van der Waals surface area contributed by atoms with Crippen LogP contribution in [0.5, 0.6) is 0 Å². The van der Waals surface area contributed by atoms with Crippen molar-refractivity contribution < 1.29 is 46.0 Å². The summed E-state index contributed by atoms with van der Waals surface area (Å²) in [5.74, 6) is -0.553. The lowest BCUT2D eigenvalue weighted by Crippen LogP contribution is -2.40. The number of amides is 1. The van der Waals surface area contributed by atoms with Crippen LogP contribution in [0.1, 0.15) is 39.1 Å². The SMILES string of the molecule is CC(C)C(=O)Nc1nc2c(ncn2[C@@H]2O[C@H](CO)C[C@H]2OS(=O)(=O)NC[C@H]2O[C@@H](n3cnc4c(Nc5ccccc5)ncnc43)C[C@@H]2O[PH](=O)O)c(=O)[nH]1. The fourth-order valence-corrected chi connectivity index (χ4v) is 7.54. The molecule has 0 aliphatic carbocycles. The van der Waals surface area contributed by atoms with Gasteiger partial charge in [-0.15, -0.1) is 0 Å². The van der Waals surface area contributed by atoms with Crippen LogP contribution < -0.4 is 20.9 Å². The molecular weight excluding hydrogens is 753 g/mol. The van der Waals surface area contributed by atoms with Crippen molar-refractivity contribution in [3.63, 3.8) is 0 Å². The van der Waals surface area contributed by atoms with E-state index in [0.717, 1.165) is 5.69 Å². The zero-order valence-corrected chi connectivity index (χ0v) is 30.4. The van der Waals surface area contributed by atoms with Gasteiger partial charge in [0, 0.05) is 31.0 Å². The Morgan fingerprint density at radius 2 is 1.81 bits per heavy atom. The fourth-order valence-electron chi connectivity index (χ4n) is 6.10. The Morgan fingerprint density at radius 1 is 1.06 bits per heavy atom. The van der Waals surface area contributed by atoms with Gasteiger partial charge in [-0.1, -0.05) is 32.0 Å². The number of aromatic nitrogens is 8. The van der Waals surface area contributed by atoms with Gasteiger partial charge in [0.05, 0.1) is 31.5 Å². The van der Waals surface area contributed by atoms with E-state index in [2.05, 4.69) is 45.3 Å². The van der Waals surface area contributed by atoms with Crippen LogP contribution in [0.2, 0.25) is 0 Å². The number of hydrogen-bond acceptors (Lipinski definition) is 16. The molecule has 54 heavy (non-hydrogen) atoms. The van der Waals surface area contributed by atoms with E-state index in [0.29, 0.717) is 17.0 Å². The highest BCUT2D eigenvalue weighted by Gasteiger charge is 2.43. The van der Waals surface area contributed by atoms with Crippen molar-refractivity contribution in [1.29, 1.82) is 0 Å². The molecule has 1 amide bonds. The number of benzene rings is 1. The number of hydrogen-bond donors (Lipinski definition) is 6. The van der Waals surface area contributed by atoms with Crippen LogP contribution in [-0.2, 0) is 37.8 Å². The van der Waals surface area contributed by atoms with E-state index < -0.39 is 86.0 Å². The smallest absolute Gasteiger partial charge is 0.336 e. The topological polar surface area (TPSA) is 289 Å². The lowest BCUT2D eigenvalue weighted by atomic mass is 10.2. The summed E-state index contributed by atoms with van der Waals surface area (Å²) < 4.78 is 66.5. The van der Waals surface area contributed by atoms with Crippen molar-refractivity contribution in [2.75, 3.05) is 23.8 Å². The second-order valence-corrected chi connectivity index (χ2v) is 14.9. The Morgan fingerprint density at radius 3 is 2.56 bits per heavy atom. The van der Waals surface area contributed by atoms with Gasteiger partial charge >= 0.3 is 18.6 Å². The van der Waals surface area contributed by atoms with Gasteiger partial charge in [0.1, 0.15) is 24.8 Å². The van der Waals surface area contributed by atoms with Crippen molar-refractivity contribution in [3.8, 4) is 0 Å². The minimum atomic E-state index is -4.60. The number of carbonyl (C=O) groups is 1. The van der Waals surface area contributed by atoms with E-state index in [1.807, 2.05) is 30.3 Å². The van der Waals surface area contributed by atoms with Crippen LogP contribution in [-0.4, -0.2) is 101 Å². The number of aliphatic hydroxyl groups excluding tert-OH is 1. The van der Waals surface area contributed by atoms with E-state index >= 15 is 0 Å². The number of imidazole rings is 2. The molecule has 2 saturated heterocycles. The molecule has 7 rings (SSSR count). The number of nitrogens with one attached hydrogen (secondary N) is 4. The Bertz CT molecular complexity index is 2340. The highest BCUT2D eigenvalue weighted by molar-refractivity contribution is 7.84. The molecule has 0 bridgehead atoms. The fraction of sp³-hybridized carbons (Fsp3) is 0.433. The molecule has 2 aliphatic heterocycles. The van der Waals surface area contributed by atoms with Crippen LogP contribution in [0, 0.1) is 5.92 Å². The van der Waals surface area contributed by atoms with Gasteiger partial charge in [0.15, 0.2) is 34.4 Å². The molecule has 24 heteroatoms. The molecule has 0 radical (unpaired) electrons. The third-order valence-electron chi connectivity index (χ3n) is 8.67. The molecule has 4 aromatic heterocycles. The molecule has 2 fully saturated rings. The molecule has 0 spiro atoms. The van der Waals surface area contributed by atoms with E-state index in [-0.39, 0.29) is 30.0 Å². The molecule has 288 valence electrons. The average molecular weight is 790 g/mol. The maximum Gasteiger partial charge on any atom is 0.336 e. The van der Waals surface area contributed by atoms with Gasteiger partial charge < -0.3 is 29.3 Å². The van der Waals surface area contributed by atoms with E-state index in [4.69, 9.17) is 18.2 Å². The predicted octanol–water partition coefficient (Wildman–Crippen LogP) is 0.852. The standard InChI is InChI=1S/C30H36N11O11PS/c1-15(2)27(43)38-30-37-26-23(28(44)39-30)34-14-41(26)29-19(8-17(11-42)49-29)52-54(47,48)35-10-20-18(51-53(45)46)9-21(50-20)40-13-33-22-24(31-12-32-25(22)40)36-16-6-4-3-5-7-16/h3-7,12-15,17-21,29,35,42,53H,8-11H2,1-2H3,(H,45,46)(H,31,32,36)(H2,37,38,39,43,44)/t17-,18-,19+,20+,21+,29+/m0/s1. The molecule has 6 N–H and O–H groups in total. The second kappa shape index (κ2) is 15.6. The van der Waals surface area contributed by atoms with Crippen molar-refractivity contribution >= 4 is 64.2 Å². The largest absolute Gasteiger partial charge is 0.394 e. The van der Waals surface area contributed by atoms with Gasteiger partial charge in [0.25, 0.3) is 5.56 Å². The average Bonchev–Trinajstić information content (AvgIpc) is 3.93. The van der Waals surface area contributed by atoms with Crippen LogP contribution in [0.4, 0.5) is 17.5 Å². The highest BCUT2D eigenvalue weighted by atomic mass is 32.2. The van der Waals surface area contributed by atoms with Gasteiger partial charge in [-0.05, 0) is 12.1 Å². The summed E-state index contributed by atoms with van der Waals surface area (Å²) in [5.41, 5.74) is 0.763. The monoisotopic (exact) mass is 789 g/mol. The molecule has 2 aliphatic rings. The number of para-hydroxylation sites is 1. The van der Waals surface area contributed by atoms with Crippen molar-refractivity contribution in [2.45, 2.75) is 63.6 Å². The number of anilines is 3. The lowest BCUT2D eigenvalue weighted by Gasteiger charge is -2.22. The van der Waals surface area contributed by atoms with Crippen molar-refractivity contribution in [2.24, 2.45) is 5.92 Å². The number of nitrogens with zero attached hydrogens (tertiary/aromatic N) is 7. The number of H-pyrrole nitrogens is 1. The molecular formula is C30H36N11O11PS. The predicted molar refractivity (Wildman–Crippen MR) is 189 cm³/mol. The third-order valence-corrected chi connectivity index (χ3v) is 10.2. The second-order valence-electron chi connectivity index (χ2n) is 12.7. The number of carbonyl (C=O) groups excluding carboxylic acids is 1. The molecule has 1 unspecified atom stereocenters. The van der Waals surface area contributed by atoms with Crippen LogP contribution in [0.15, 0.2) is 54.1 Å². The first kappa shape index (κ1) is 37.6. The van der Waals surface area contributed by atoms with Gasteiger partial charge in [-0.3, -0.25) is 33.6 Å². The zero-order chi connectivity index (χ0) is 38.1. The van der Waals surface area contributed by atoms with Gasteiger partial charge in [-0.25, -0.2) is 24.1 Å². The Balaban J connectivity index is 1.07. The van der Waals surface area contributed by atoms with Crippen molar-refractivity contribution in [1.82, 2.24) is 43.8 Å². The van der Waals surface area contributed by atoms with Crippen LogP contribution in [0.3, 0.4) is 0 Å². The molecule has 1 aromatic carbocycles. The summed E-state index contributed by atoms with van der Waals surface area (Å²) in [6.07, 6.45) is -2.28. The first-order chi connectivity index (χ1) is 25.9. The summed E-state index contributed by atoms with van der Waals surface area (Å²) in [7, 11) is -8.08. The minimum absolute atomic E-state index is 0.0368. The molecule has 6 heterocycles. The molecule has 7 atom stereocenters. The van der Waals surface area contributed by atoms with Crippen molar-refractivity contribution in [3.05, 3.63) is 59.7 Å².